The molecule has 0 saturated heterocycles. The fraction of sp³-hybridized carbons (Fsp3) is 0.100. The predicted molar refractivity (Wildman–Crippen MR) is 51.4 cm³/mol. The van der Waals surface area contributed by atoms with Gasteiger partial charge in [-0.05, 0) is 12.1 Å². The van der Waals surface area contributed by atoms with Crippen molar-refractivity contribution in [2.24, 2.45) is 5.73 Å². The first-order chi connectivity index (χ1) is 6.66. The van der Waals surface area contributed by atoms with E-state index in [1.807, 2.05) is 0 Å². The number of carbonyl (C=O) groups is 1. The quantitative estimate of drug-likeness (QED) is 0.768. The van der Waals surface area contributed by atoms with Crippen molar-refractivity contribution in [2.45, 2.75) is 0 Å². The van der Waals surface area contributed by atoms with Gasteiger partial charge in [0.05, 0.1) is 5.56 Å². The van der Waals surface area contributed by atoms with Crippen LogP contribution in [0.4, 0.5) is 4.39 Å². The molecule has 0 fully saturated rings. The van der Waals surface area contributed by atoms with E-state index in [-0.39, 0.29) is 17.7 Å². The minimum atomic E-state index is -1.15. The van der Waals surface area contributed by atoms with E-state index in [1.165, 1.54) is 30.4 Å². The zero-order valence-corrected chi connectivity index (χ0v) is 7.40. The molecule has 0 aromatic heterocycles. The third kappa shape index (κ3) is 2.17. The number of hydrogen-bond acceptors (Lipinski definition) is 2. The molecular weight excluding hydrogens is 185 g/mol. The maximum atomic E-state index is 13.2. The van der Waals surface area contributed by atoms with Gasteiger partial charge in [-0.2, -0.15) is 0 Å². The van der Waals surface area contributed by atoms with Crippen LogP contribution in [0.25, 0.3) is 6.08 Å². The average molecular weight is 195 g/mol. The van der Waals surface area contributed by atoms with Gasteiger partial charge in [0.2, 0.25) is 0 Å². The van der Waals surface area contributed by atoms with Crippen LogP contribution in [-0.4, -0.2) is 17.6 Å². The maximum Gasteiger partial charge on any atom is 0.336 e. The van der Waals surface area contributed by atoms with E-state index in [0.717, 1.165) is 0 Å². The third-order valence-corrected chi connectivity index (χ3v) is 1.70. The second-order valence-electron chi connectivity index (χ2n) is 2.64. The van der Waals surface area contributed by atoms with E-state index < -0.39 is 11.8 Å². The molecule has 0 aliphatic rings. The largest absolute Gasteiger partial charge is 0.478 e. The summed E-state index contributed by atoms with van der Waals surface area (Å²) >= 11 is 0. The zero-order chi connectivity index (χ0) is 10.6. The predicted octanol–water partition coefficient (Wildman–Crippen LogP) is 1.50. The van der Waals surface area contributed by atoms with E-state index in [2.05, 4.69) is 0 Å². The van der Waals surface area contributed by atoms with Crippen molar-refractivity contribution >= 4 is 12.0 Å². The molecule has 0 aliphatic carbocycles. The van der Waals surface area contributed by atoms with Gasteiger partial charge >= 0.3 is 5.97 Å². The van der Waals surface area contributed by atoms with E-state index in [9.17, 15) is 9.18 Å². The molecule has 0 atom stereocenters. The van der Waals surface area contributed by atoms with Crippen LogP contribution in [0.1, 0.15) is 15.9 Å². The Balaban J connectivity index is 3.22. The molecule has 0 aliphatic heterocycles. The molecule has 0 radical (unpaired) electrons. The van der Waals surface area contributed by atoms with Gasteiger partial charge in [-0.25, -0.2) is 9.18 Å². The summed E-state index contributed by atoms with van der Waals surface area (Å²) in [4.78, 5) is 10.7. The minimum Gasteiger partial charge on any atom is -0.478 e. The standard InChI is InChI=1S/C10H10FNO2/c11-9-5-1-3-8(10(13)14)7(9)4-2-6-12/h1-5H,6,12H2,(H,13,14). The molecule has 0 spiro atoms. The van der Waals surface area contributed by atoms with Gasteiger partial charge in [0, 0.05) is 12.1 Å². The molecule has 3 nitrogen and oxygen atoms in total. The number of halogens is 1. The number of benzene rings is 1. The molecule has 0 heterocycles. The smallest absolute Gasteiger partial charge is 0.336 e. The highest BCUT2D eigenvalue weighted by molar-refractivity contribution is 5.92. The van der Waals surface area contributed by atoms with Crippen molar-refractivity contribution in [3.8, 4) is 0 Å². The number of carboxylic acids is 1. The average Bonchev–Trinajstić information content (AvgIpc) is 2.15. The van der Waals surface area contributed by atoms with Gasteiger partial charge in [-0.15, -0.1) is 0 Å². The number of aromatic carboxylic acids is 1. The third-order valence-electron chi connectivity index (χ3n) is 1.70. The SMILES string of the molecule is NCC=Cc1c(F)cccc1C(=O)O. The van der Waals surface area contributed by atoms with E-state index in [4.69, 9.17) is 10.8 Å². The summed E-state index contributed by atoms with van der Waals surface area (Å²) in [5.41, 5.74) is 5.20. The summed E-state index contributed by atoms with van der Waals surface area (Å²) in [6.45, 7) is 0.243. The summed E-state index contributed by atoms with van der Waals surface area (Å²) in [6, 6.07) is 3.92. The van der Waals surface area contributed by atoms with Crippen LogP contribution in [0.15, 0.2) is 24.3 Å². The lowest BCUT2D eigenvalue weighted by Crippen LogP contribution is -2.02. The van der Waals surface area contributed by atoms with Crippen LogP contribution < -0.4 is 5.73 Å². The molecule has 14 heavy (non-hydrogen) atoms. The van der Waals surface area contributed by atoms with Crippen LogP contribution in [-0.2, 0) is 0 Å². The summed E-state index contributed by atoms with van der Waals surface area (Å²) in [7, 11) is 0. The first-order valence-electron chi connectivity index (χ1n) is 4.05. The molecular formula is C10H10FNO2. The molecule has 74 valence electrons. The van der Waals surface area contributed by atoms with Crippen molar-refractivity contribution < 1.29 is 14.3 Å². The van der Waals surface area contributed by atoms with Crippen molar-refractivity contribution in [1.82, 2.24) is 0 Å². The highest BCUT2D eigenvalue weighted by Gasteiger charge is 2.10. The van der Waals surface area contributed by atoms with E-state index >= 15 is 0 Å². The van der Waals surface area contributed by atoms with Gasteiger partial charge in [0.1, 0.15) is 5.82 Å². The van der Waals surface area contributed by atoms with Gasteiger partial charge in [0.15, 0.2) is 0 Å². The topological polar surface area (TPSA) is 63.3 Å². The molecule has 0 unspecified atom stereocenters. The Kier molecular flexibility index (Phi) is 3.36. The zero-order valence-electron chi connectivity index (χ0n) is 7.40. The Morgan fingerprint density at radius 2 is 2.29 bits per heavy atom. The first kappa shape index (κ1) is 10.4. The Labute approximate surface area is 80.7 Å². The normalized spacial score (nSPS) is 10.7. The lowest BCUT2D eigenvalue weighted by molar-refractivity contribution is 0.0696. The van der Waals surface area contributed by atoms with Gasteiger partial charge < -0.3 is 10.8 Å². The molecule has 1 aromatic carbocycles. The molecule has 1 rings (SSSR count). The Bertz CT molecular complexity index is 374. The Hall–Kier alpha value is -1.68. The summed E-state index contributed by atoms with van der Waals surface area (Å²) in [6.07, 6.45) is 2.88. The Morgan fingerprint density at radius 3 is 2.86 bits per heavy atom. The number of carboxylic acid groups (broad SMARTS) is 1. The molecule has 3 N–H and O–H groups in total. The van der Waals surface area contributed by atoms with Crippen molar-refractivity contribution in [3.63, 3.8) is 0 Å². The highest BCUT2D eigenvalue weighted by atomic mass is 19.1. The second kappa shape index (κ2) is 4.53. The Morgan fingerprint density at radius 1 is 1.57 bits per heavy atom. The van der Waals surface area contributed by atoms with Crippen molar-refractivity contribution in [1.29, 1.82) is 0 Å². The highest BCUT2D eigenvalue weighted by Crippen LogP contribution is 2.15. The van der Waals surface area contributed by atoms with E-state index in [0.29, 0.717) is 0 Å². The molecule has 1 aromatic rings. The summed E-state index contributed by atoms with van der Waals surface area (Å²) in [5, 5.41) is 8.76. The van der Waals surface area contributed by atoms with Crippen molar-refractivity contribution in [3.05, 3.63) is 41.2 Å². The fourth-order valence-corrected chi connectivity index (χ4v) is 1.08. The van der Waals surface area contributed by atoms with Gasteiger partial charge in [-0.3, -0.25) is 0 Å². The van der Waals surface area contributed by atoms with Crippen LogP contribution in [0, 0.1) is 5.82 Å². The monoisotopic (exact) mass is 195 g/mol. The van der Waals surface area contributed by atoms with Gasteiger partial charge in [-0.1, -0.05) is 18.2 Å². The van der Waals surface area contributed by atoms with Crippen LogP contribution >= 0.6 is 0 Å². The summed E-state index contributed by atoms with van der Waals surface area (Å²) < 4.78 is 13.2. The molecule has 0 saturated carbocycles. The van der Waals surface area contributed by atoms with E-state index in [1.54, 1.807) is 0 Å². The fourth-order valence-electron chi connectivity index (χ4n) is 1.08. The first-order valence-corrected chi connectivity index (χ1v) is 4.05. The second-order valence-corrected chi connectivity index (χ2v) is 2.64. The molecule has 0 bridgehead atoms. The molecule has 0 amide bonds. The number of nitrogens with two attached hydrogens (primary N) is 1. The van der Waals surface area contributed by atoms with Crippen LogP contribution in [0.3, 0.4) is 0 Å². The lowest BCUT2D eigenvalue weighted by atomic mass is 10.1. The minimum absolute atomic E-state index is 0.0605. The molecule has 4 heteroatoms. The number of rotatable bonds is 3. The van der Waals surface area contributed by atoms with Crippen LogP contribution in [0.2, 0.25) is 0 Å². The number of hydrogen-bond donors (Lipinski definition) is 2. The van der Waals surface area contributed by atoms with Gasteiger partial charge in [0.25, 0.3) is 0 Å². The van der Waals surface area contributed by atoms with Crippen LogP contribution in [0.5, 0.6) is 0 Å². The summed E-state index contributed by atoms with van der Waals surface area (Å²) in [5.74, 6) is -1.71. The maximum absolute atomic E-state index is 13.2. The lowest BCUT2D eigenvalue weighted by Gasteiger charge is -2.01. The van der Waals surface area contributed by atoms with Crippen molar-refractivity contribution in [2.75, 3.05) is 6.54 Å².